The van der Waals surface area contributed by atoms with Gasteiger partial charge in [-0.1, -0.05) is 13.8 Å². The molecule has 0 saturated carbocycles. The normalized spacial score (nSPS) is 8.00. The van der Waals surface area contributed by atoms with E-state index in [9.17, 15) is 0 Å². The molecule has 0 fully saturated rings. The minimum atomic E-state index is 1.11. The van der Waals surface area contributed by atoms with E-state index in [0.29, 0.717) is 0 Å². The van der Waals surface area contributed by atoms with Crippen LogP contribution in [0.4, 0.5) is 0 Å². The van der Waals surface area contributed by atoms with Crippen molar-refractivity contribution in [2.75, 3.05) is 27.2 Å². The zero-order valence-corrected chi connectivity index (χ0v) is 7.12. The van der Waals surface area contributed by atoms with Gasteiger partial charge in [-0.2, -0.15) is 0 Å². The average molecular weight is 132 g/mol. The lowest BCUT2D eigenvalue weighted by molar-refractivity contribution is 0.676. The van der Waals surface area contributed by atoms with Crippen LogP contribution >= 0.6 is 0 Å². The van der Waals surface area contributed by atoms with Gasteiger partial charge in [0.25, 0.3) is 0 Å². The smallest absolute Gasteiger partial charge is 0.00398 e. The maximum absolute atomic E-state index is 3.06. The van der Waals surface area contributed by atoms with Crippen LogP contribution in [0.3, 0.4) is 0 Å². The Morgan fingerprint density at radius 1 is 0.889 bits per heavy atom. The van der Waals surface area contributed by atoms with E-state index in [1.165, 1.54) is 6.42 Å². The lowest BCUT2D eigenvalue weighted by atomic mass is 10.4. The molecule has 0 spiro atoms. The van der Waals surface area contributed by atoms with Crippen molar-refractivity contribution in [2.45, 2.75) is 20.3 Å². The van der Waals surface area contributed by atoms with Gasteiger partial charge in [-0.05, 0) is 33.6 Å². The molecule has 0 bridgehead atoms. The van der Waals surface area contributed by atoms with Crippen molar-refractivity contribution in [1.29, 1.82) is 0 Å². The summed E-state index contributed by atoms with van der Waals surface area (Å²) < 4.78 is 0. The summed E-state index contributed by atoms with van der Waals surface area (Å²) in [6.07, 6.45) is 1.22. The van der Waals surface area contributed by atoms with Gasteiger partial charge in [0.2, 0.25) is 0 Å². The van der Waals surface area contributed by atoms with Crippen LogP contribution in [0.25, 0.3) is 0 Å². The SMILES string of the molecule is CC.CNCCCNC. The van der Waals surface area contributed by atoms with Gasteiger partial charge in [0.1, 0.15) is 0 Å². The molecule has 0 amide bonds. The first-order chi connectivity index (χ1) is 4.41. The standard InChI is InChI=1S/C5H14N2.C2H6/c1-6-4-3-5-7-2;1-2/h6-7H,3-5H2,1-2H3;1-2H3. The number of hydrogen-bond donors (Lipinski definition) is 2. The fourth-order valence-corrected chi connectivity index (χ4v) is 0.442. The second kappa shape index (κ2) is 15.7. The molecule has 0 aromatic rings. The maximum Gasteiger partial charge on any atom is -0.00398 e. The Balaban J connectivity index is 0. The predicted molar refractivity (Wildman–Crippen MR) is 43.8 cm³/mol. The summed E-state index contributed by atoms with van der Waals surface area (Å²) in [5, 5.41) is 6.12. The van der Waals surface area contributed by atoms with E-state index >= 15 is 0 Å². The fourth-order valence-electron chi connectivity index (χ4n) is 0.442. The summed E-state index contributed by atoms with van der Waals surface area (Å²) >= 11 is 0. The average Bonchev–Trinajstić information content (AvgIpc) is 1.94. The highest BCUT2D eigenvalue weighted by Crippen LogP contribution is 1.66. The molecule has 2 nitrogen and oxygen atoms in total. The molecule has 0 saturated heterocycles. The fraction of sp³-hybridized carbons (Fsp3) is 1.00. The van der Waals surface area contributed by atoms with Crippen LogP contribution in [0.5, 0.6) is 0 Å². The van der Waals surface area contributed by atoms with Gasteiger partial charge in [-0.15, -0.1) is 0 Å². The predicted octanol–water partition coefficient (Wildman–Crippen LogP) is 0.842. The summed E-state index contributed by atoms with van der Waals surface area (Å²) in [4.78, 5) is 0. The molecule has 0 heterocycles. The van der Waals surface area contributed by atoms with Crippen LogP contribution in [0, 0.1) is 0 Å². The molecule has 0 rings (SSSR count). The zero-order chi connectivity index (χ0) is 7.54. The Hall–Kier alpha value is -0.0800. The van der Waals surface area contributed by atoms with Gasteiger partial charge in [0, 0.05) is 0 Å². The summed E-state index contributed by atoms with van der Waals surface area (Å²) in [5.41, 5.74) is 0. The highest BCUT2D eigenvalue weighted by Gasteiger charge is 1.77. The second-order valence-electron chi connectivity index (χ2n) is 1.56. The summed E-state index contributed by atoms with van der Waals surface area (Å²) in [6, 6.07) is 0. The summed E-state index contributed by atoms with van der Waals surface area (Å²) in [7, 11) is 3.94. The van der Waals surface area contributed by atoms with E-state index in [1.54, 1.807) is 0 Å². The van der Waals surface area contributed by atoms with E-state index in [1.807, 2.05) is 27.9 Å². The molecule has 0 aliphatic carbocycles. The van der Waals surface area contributed by atoms with E-state index in [-0.39, 0.29) is 0 Å². The molecule has 0 aliphatic heterocycles. The van der Waals surface area contributed by atoms with Gasteiger partial charge in [0.05, 0.1) is 0 Å². The highest BCUT2D eigenvalue weighted by molar-refractivity contribution is 4.42. The molecule has 9 heavy (non-hydrogen) atoms. The number of nitrogens with one attached hydrogen (secondary N) is 2. The van der Waals surface area contributed by atoms with Crippen LogP contribution in [0.15, 0.2) is 0 Å². The quantitative estimate of drug-likeness (QED) is 0.554. The van der Waals surface area contributed by atoms with E-state index in [4.69, 9.17) is 0 Å². The largest absolute Gasteiger partial charge is 0.320 e. The monoisotopic (exact) mass is 132 g/mol. The van der Waals surface area contributed by atoms with Gasteiger partial charge in [-0.25, -0.2) is 0 Å². The third-order valence-corrected chi connectivity index (χ3v) is 0.854. The Kier molecular flexibility index (Phi) is 20.3. The second-order valence-corrected chi connectivity index (χ2v) is 1.56. The molecular weight excluding hydrogens is 112 g/mol. The third-order valence-electron chi connectivity index (χ3n) is 0.854. The molecule has 0 aliphatic rings. The Morgan fingerprint density at radius 3 is 1.44 bits per heavy atom. The van der Waals surface area contributed by atoms with Crippen molar-refractivity contribution < 1.29 is 0 Å². The molecular formula is C7H20N2. The Bertz CT molecular complexity index is 26.1. The summed E-state index contributed by atoms with van der Waals surface area (Å²) in [5.74, 6) is 0. The van der Waals surface area contributed by atoms with Crippen molar-refractivity contribution in [3.05, 3.63) is 0 Å². The minimum Gasteiger partial charge on any atom is -0.320 e. The number of rotatable bonds is 4. The van der Waals surface area contributed by atoms with Crippen LogP contribution in [-0.2, 0) is 0 Å². The molecule has 0 aromatic heterocycles. The molecule has 0 atom stereocenters. The van der Waals surface area contributed by atoms with E-state index in [0.717, 1.165) is 13.1 Å². The zero-order valence-electron chi connectivity index (χ0n) is 7.12. The van der Waals surface area contributed by atoms with Crippen LogP contribution in [-0.4, -0.2) is 27.2 Å². The molecule has 0 radical (unpaired) electrons. The third kappa shape index (κ3) is 18.1. The molecule has 0 unspecified atom stereocenters. The van der Waals surface area contributed by atoms with Crippen molar-refractivity contribution in [3.63, 3.8) is 0 Å². The van der Waals surface area contributed by atoms with Gasteiger partial charge >= 0.3 is 0 Å². The topological polar surface area (TPSA) is 24.1 Å². The first-order valence-corrected chi connectivity index (χ1v) is 3.71. The maximum atomic E-state index is 3.06. The van der Waals surface area contributed by atoms with Gasteiger partial charge < -0.3 is 10.6 Å². The first-order valence-electron chi connectivity index (χ1n) is 3.71. The molecule has 2 heteroatoms. The van der Waals surface area contributed by atoms with Crippen molar-refractivity contribution in [1.82, 2.24) is 10.6 Å². The van der Waals surface area contributed by atoms with Crippen molar-refractivity contribution in [2.24, 2.45) is 0 Å². The summed E-state index contributed by atoms with van der Waals surface area (Å²) in [6.45, 7) is 6.22. The highest BCUT2D eigenvalue weighted by atomic mass is 14.8. The van der Waals surface area contributed by atoms with E-state index < -0.39 is 0 Å². The van der Waals surface area contributed by atoms with Gasteiger partial charge in [0.15, 0.2) is 0 Å². The molecule has 2 N–H and O–H groups in total. The van der Waals surface area contributed by atoms with Crippen LogP contribution < -0.4 is 10.6 Å². The molecule has 58 valence electrons. The van der Waals surface area contributed by atoms with Gasteiger partial charge in [-0.3, -0.25) is 0 Å². The first kappa shape index (κ1) is 11.7. The van der Waals surface area contributed by atoms with Crippen LogP contribution in [0.1, 0.15) is 20.3 Å². The van der Waals surface area contributed by atoms with E-state index in [2.05, 4.69) is 10.6 Å². The lowest BCUT2D eigenvalue weighted by Crippen LogP contribution is -2.15. The minimum absolute atomic E-state index is 1.11. The Labute approximate surface area is 59.0 Å². The molecule has 0 aromatic carbocycles. The van der Waals surface area contributed by atoms with Crippen molar-refractivity contribution >= 4 is 0 Å². The van der Waals surface area contributed by atoms with Crippen LogP contribution in [0.2, 0.25) is 0 Å². The Morgan fingerprint density at radius 2 is 1.22 bits per heavy atom. The van der Waals surface area contributed by atoms with Crippen molar-refractivity contribution in [3.8, 4) is 0 Å². The number of hydrogen-bond acceptors (Lipinski definition) is 2. The lowest BCUT2D eigenvalue weighted by Gasteiger charge is -1.95.